The lowest BCUT2D eigenvalue weighted by Crippen LogP contribution is -2.53. The van der Waals surface area contributed by atoms with Gasteiger partial charge in [-0.2, -0.15) is 5.10 Å². The van der Waals surface area contributed by atoms with Crippen molar-refractivity contribution in [1.29, 1.82) is 0 Å². The Balaban J connectivity index is 1.32. The van der Waals surface area contributed by atoms with E-state index in [2.05, 4.69) is 10.00 Å². The maximum Gasteiger partial charge on any atom is 0.266 e. The maximum absolute atomic E-state index is 13.5. The summed E-state index contributed by atoms with van der Waals surface area (Å²) in [6.45, 7) is 0.964. The molecule has 0 amide bonds. The molecule has 1 N–H and O–H groups in total. The fraction of sp³-hybridized carbons (Fsp3) is 0.545. The van der Waals surface area contributed by atoms with Crippen molar-refractivity contribution in [3.63, 3.8) is 0 Å². The number of nitrogens with zero attached hydrogens (tertiary/aromatic N) is 3. The van der Waals surface area contributed by atoms with Gasteiger partial charge in [-0.3, -0.25) is 9.69 Å². The van der Waals surface area contributed by atoms with Crippen LogP contribution >= 0.6 is 0 Å². The third-order valence-electron chi connectivity index (χ3n) is 6.58. The lowest BCUT2D eigenvalue weighted by atomic mass is 9.85. The van der Waals surface area contributed by atoms with E-state index in [9.17, 15) is 14.3 Å². The molecule has 2 saturated heterocycles. The molecule has 0 spiro atoms. The van der Waals surface area contributed by atoms with Crippen LogP contribution in [-0.4, -0.2) is 37.5 Å². The van der Waals surface area contributed by atoms with Crippen molar-refractivity contribution in [2.75, 3.05) is 0 Å². The number of piperidine rings is 1. The monoisotopic (exact) mass is 383 g/mol. The minimum Gasteiger partial charge on any atom is -0.388 e. The van der Waals surface area contributed by atoms with E-state index in [-0.39, 0.29) is 30.0 Å². The molecule has 3 heterocycles. The van der Waals surface area contributed by atoms with Gasteiger partial charge < -0.3 is 5.11 Å². The van der Waals surface area contributed by atoms with Crippen molar-refractivity contribution in [2.24, 2.45) is 0 Å². The Hall–Kier alpha value is -2.05. The Morgan fingerprint density at radius 2 is 1.86 bits per heavy atom. The van der Waals surface area contributed by atoms with Crippen LogP contribution in [0.5, 0.6) is 0 Å². The minimum absolute atomic E-state index is 0.146. The fourth-order valence-electron chi connectivity index (χ4n) is 5.10. The number of fused-ring (bicyclic) bond motifs is 2. The SMILES string of the molecule is O=c1ccc(C2CC2)nn1CC1(O)CC2CCC(C1)N2Cc1cccc(F)c1. The highest BCUT2D eigenvalue weighted by Gasteiger charge is 2.47. The van der Waals surface area contributed by atoms with Crippen molar-refractivity contribution < 1.29 is 9.50 Å². The molecule has 2 aliphatic heterocycles. The van der Waals surface area contributed by atoms with Gasteiger partial charge in [-0.25, -0.2) is 9.07 Å². The van der Waals surface area contributed by atoms with Crippen molar-refractivity contribution in [2.45, 2.75) is 75.2 Å². The molecular weight excluding hydrogens is 357 g/mol. The zero-order valence-electron chi connectivity index (χ0n) is 15.9. The van der Waals surface area contributed by atoms with E-state index in [1.165, 1.54) is 10.7 Å². The average Bonchev–Trinajstić information content (AvgIpc) is 3.45. The van der Waals surface area contributed by atoms with Gasteiger partial charge in [-0.15, -0.1) is 0 Å². The molecule has 28 heavy (non-hydrogen) atoms. The van der Waals surface area contributed by atoms with Gasteiger partial charge in [0.1, 0.15) is 5.82 Å². The van der Waals surface area contributed by atoms with Crippen molar-refractivity contribution in [3.8, 4) is 0 Å². The summed E-state index contributed by atoms with van der Waals surface area (Å²) in [4.78, 5) is 14.7. The molecule has 1 aliphatic carbocycles. The molecule has 0 radical (unpaired) electrons. The predicted molar refractivity (Wildman–Crippen MR) is 103 cm³/mol. The number of hydrogen-bond donors (Lipinski definition) is 1. The molecule has 6 heteroatoms. The highest BCUT2D eigenvalue weighted by atomic mass is 19.1. The standard InChI is InChI=1S/C22H26FN3O2/c23-17-3-1-2-15(10-17)13-25-18-6-7-19(25)12-22(28,11-18)14-26-21(27)9-8-20(24-26)16-4-5-16/h1-3,8-10,16,18-19,28H,4-7,11-14H2. The highest BCUT2D eigenvalue weighted by molar-refractivity contribution is 5.18. The molecular formula is C22H26FN3O2. The number of hydrogen-bond acceptors (Lipinski definition) is 4. The summed E-state index contributed by atoms with van der Waals surface area (Å²) < 4.78 is 15.0. The van der Waals surface area contributed by atoms with Crippen LogP contribution in [0.2, 0.25) is 0 Å². The first-order chi connectivity index (χ1) is 13.5. The normalized spacial score (nSPS) is 29.9. The van der Waals surface area contributed by atoms with Gasteiger partial charge in [-0.05, 0) is 62.3 Å². The minimum atomic E-state index is -0.913. The third-order valence-corrected chi connectivity index (χ3v) is 6.58. The number of halogens is 1. The predicted octanol–water partition coefficient (Wildman–Crippen LogP) is 2.82. The number of aliphatic hydroxyl groups is 1. The molecule has 148 valence electrons. The summed E-state index contributed by atoms with van der Waals surface area (Å²) in [5.41, 5.74) is 0.878. The van der Waals surface area contributed by atoms with Crippen LogP contribution < -0.4 is 5.56 Å². The Kier molecular flexibility index (Phi) is 4.36. The van der Waals surface area contributed by atoms with Crippen molar-refractivity contribution in [3.05, 3.63) is 63.8 Å². The van der Waals surface area contributed by atoms with Crippen LogP contribution in [0.3, 0.4) is 0 Å². The van der Waals surface area contributed by atoms with E-state index in [0.29, 0.717) is 25.3 Å². The van der Waals surface area contributed by atoms with Crippen LogP contribution in [0, 0.1) is 5.82 Å². The number of rotatable bonds is 5. The molecule has 2 aromatic rings. The molecule has 1 aromatic heterocycles. The summed E-state index contributed by atoms with van der Waals surface area (Å²) in [7, 11) is 0. The molecule has 2 bridgehead atoms. The van der Waals surface area contributed by atoms with Gasteiger partial charge >= 0.3 is 0 Å². The van der Waals surface area contributed by atoms with Gasteiger partial charge in [-0.1, -0.05) is 12.1 Å². The summed E-state index contributed by atoms with van der Waals surface area (Å²) in [5, 5.41) is 15.8. The van der Waals surface area contributed by atoms with Gasteiger partial charge in [0.2, 0.25) is 0 Å². The van der Waals surface area contributed by atoms with Crippen molar-refractivity contribution >= 4 is 0 Å². The quantitative estimate of drug-likeness (QED) is 0.863. The van der Waals surface area contributed by atoms with Gasteiger partial charge in [0.15, 0.2) is 0 Å². The second-order valence-corrected chi connectivity index (χ2v) is 8.85. The van der Waals surface area contributed by atoms with Gasteiger partial charge in [0.25, 0.3) is 5.56 Å². The largest absolute Gasteiger partial charge is 0.388 e. The first-order valence-electron chi connectivity index (χ1n) is 10.3. The first-order valence-corrected chi connectivity index (χ1v) is 10.3. The zero-order valence-corrected chi connectivity index (χ0v) is 15.9. The Bertz CT molecular complexity index is 925. The molecule has 3 aliphatic rings. The Morgan fingerprint density at radius 1 is 1.11 bits per heavy atom. The van der Waals surface area contributed by atoms with E-state index in [1.807, 2.05) is 12.1 Å². The molecule has 1 aromatic carbocycles. The highest BCUT2D eigenvalue weighted by Crippen LogP contribution is 2.42. The van der Waals surface area contributed by atoms with Crippen LogP contribution in [-0.2, 0) is 13.1 Å². The molecule has 3 fully saturated rings. The molecule has 5 rings (SSSR count). The van der Waals surface area contributed by atoms with Gasteiger partial charge in [0, 0.05) is 30.6 Å². The fourth-order valence-corrected chi connectivity index (χ4v) is 5.10. The molecule has 5 nitrogen and oxygen atoms in total. The molecule has 1 saturated carbocycles. The van der Waals surface area contributed by atoms with E-state index < -0.39 is 5.60 Å². The summed E-state index contributed by atoms with van der Waals surface area (Å²) in [6, 6.07) is 10.7. The lowest BCUT2D eigenvalue weighted by molar-refractivity contribution is -0.0678. The van der Waals surface area contributed by atoms with E-state index in [0.717, 1.165) is 36.9 Å². The van der Waals surface area contributed by atoms with E-state index in [4.69, 9.17) is 0 Å². The first kappa shape index (κ1) is 18.0. The molecule has 2 atom stereocenters. The number of aromatic nitrogens is 2. The summed E-state index contributed by atoms with van der Waals surface area (Å²) in [5.74, 6) is 0.269. The second-order valence-electron chi connectivity index (χ2n) is 8.85. The Labute approximate surface area is 163 Å². The zero-order chi connectivity index (χ0) is 19.3. The van der Waals surface area contributed by atoms with Crippen LogP contribution in [0.1, 0.15) is 55.7 Å². The maximum atomic E-state index is 13.5. The third kappa shape index (κ3) is 3.51. The molecule has 2 unspecified atom stereocenters. The van der Waals surface area contributed by atoms with Gasteiger partial charge in [0.05, 0.1) is 17.8 Å². The lowest BCUT2D eigenvalue weighted by Gasteiger charge is -2.43. The van der Waals surface area contributed by atoms with E-state index >= 15 is 0 Å². The van der Waals surface area contributed by atoms with Crippen molar-refractivity contribution in [1.82, 2.24) is 14.7 Å². The van der Waals surface area contributed by atoms with Crippen LogP contribution in [0.15, 0.2) is 41.2 Å². The second kappa shape index (κ2) is 6.78. The summed E-state index contributed by atoms with van der Waals surface area (Å²) >= 11 is 0. The van der Waals surface area contributed by atoms with Crippen LogP contribution in [0.25, 0.3) is 0 Å². The average molecular weight is 383 g/mol. The smallest absolute Gasteiger partial charge is 0.266 e. The summed E-state index contributed by atoms with van der Waals surface area (Å²) in [6.07, 6.45) is 5.59. The van der Waals surface area contributed by atoms with Crippen LogP contribution in [0.4, 0.5) is 4.39 Å². The number of benzene rings is 1. The Morgan fingerprint density at radius 3 is 2.54 bits per heavy atom. The topological polar surface area (TPSA) is 58.4 Å². The van der Waals surface area contributed by atoms with E-state index in [1.54, 1.807) is 18.2 Å².